The summed E-state index contributed by atoms with van der Waals surface area (Å²) in [6.45, 7) is 9.48. The average molecular weight is 289 g/mol. The van der Waals surface area contributed by atoms with Gasteiger partial charge in [-0.3, -0.25) is 4.79 Å². The van der Waals surface area contributed by atoms with Crippen molar-refractivity contribution >= 4 is 17.3 Å². The van der Waals surface area contributed by atoms with E-state index in [2.05, 4.69) is 47.6 Å². The summed E-state index contributed by atoms with van der Waals surface area (Å²) in [6.07, 6.45) is 0. The standard InChI is InChI=1S/C16H23N3O2/c1-4-17-14-12-6-5-11(9-13(12)18-15(14)20)19-7-8-21-10-16(19,2)3/h5-6,9,14,17H,4,7-8,10H2,1-3H3,(H,18,20). The molecule has 1 atom stereocenters. The summed E-state index contributed by atoms with van der Waals surface area (Å²) in [6, 6.07) is 6.02. The van der Waals surface area contributed by atoms with Crippen molar-refractivity contribution in [2.75, 3.05) is 36.5 Å². The molecule has 114 valence electrons. The van der Waals surface area contributed by atoms with Crippen LogP contribution in [0.3, 0.4) is 0 Å². The molecule has 0 bridgehead atoms. The molecule has 2 aliphatic heterocycles. The first kappa shape index (κ1) is 14.4. The van der Waals surface area contributed by atoms with Gasteiger partial charge in [0.1, 0.15) is 6.04 Å². The number of likely N-dealkylation sites (N-methyl/N-ethyl adjacent to an activating group) is 1. The Balaban J connectivity index is 1.91. The molecule has 0 spiro atoms. The molecule has 0 aromatic heterocycles. The van der Waals surface area contributed by atoms with Crippen LogP contribution in [-0.2, 0) is 9.53 Å². The zero-order valence-electron chi connectivity index (χ0n) is 12.9. The van der Waals surface area contributed by atoms with Gasteiger partial charge in [-0.05, 0) is 32.5 Å². The first-order valence-electron chi connectivity index (χ1n) is 7.56. The van der Waals surface area contributed by atoms with Crippen LogP contribution in [0.25, 0.3) is 0 Å². The summed E-state index contributed by atoms with van der Waals surface area (Å²) in [5.41, 5.74) is 3.07. The minimum atomic E-state index is -0.225. The second kappa shape index (κ2) is 5.31. The molecule has 5 heteroatoms. The number of hydrogen-bond donors (Lipinski definition) is 2. The number of morpholine rings is 1. The Kier molecular flexibility index (Phi) is 3.63. The van der Waals surface area contributed by atoms with Crippen molar-refractivity contribution in [2.45, 2.75) is 32.4 Å². The van der Waals surface area contributed by atoms with Gasteiger partial charge in [0.05, 0.1) is 18.8 Å². The number of anilines is 2. The first-order chi connectivity index (χ1) is 10.0. The highest BCUT2D eigenvalue weighted by Crippen LogP contribution is 2.36. The Morgan fingerprint density at radius 1 is 1.48 bits per heavy atom. The molecule has 1 fully saturated rings. The molecule has 2 aliphatic rings. The van der Waals surface area contributed by atoms with Crippen molar-refractivity contribution in [1.82, 2.24) is 5.32 Å². The fourth-order valence-corrected chi connectivity index (χ4v) is 3.16. The Bertz CT molecular complexity index is 556. The highest BCUT2D eigenvalue weighted by atomic mass is 16.5. The summed E-state index contributed by atoms with van der Waals surface area (Å²) >= 11 is 0. The molecule has 0 radical (unpaired) electrons. The van der Waals surface area contributed by atoms with Crippen molar-refractivity contribution in [3.8, 4) is 0 Å². The van der Waals surface area contributed by atoms with Gasteiger partial charge in [-0.1, -0.05) is 13.0 Å². The Morgan fingerprint density at radius 3 is 3.00 bits per heavy atom. The van der Waals surface area contributed by atoms with Crippen molar-refractivity contribution in [3.63, 3.8) is 0 Å². The van der Waals surface area contributed by atoms with Crippen LogP contribution >= 0.6 is 0 Å². The minimum Gasteiger partial charge on any atom is -0.377 e. The number of ether oxygens (including phenoxy) is 1. The molecular weight excluding hydrogens is 266 g/mol. The van der Waals surface area contributed by atoms with Gasteiger partial charge in [-0.15, -0.1) is 0 Å². The summed E-state index contributed by atoms with van der Waals surface area (Å²) < 4.78 is 5.57. The van der Waals surface area contributed by atoms with Crippen LogP contribution in [0.2, 0.25) is 0 Å². The molecule has 0 aliphatic carbocycles. The molecule has 21 heavy (non-hydrogen) atoms. The van der Waals surface area contributed by atoms with Crippen molar-refractivity contribution in [1.29, 1.82) is 0 Å². The summed E-state index contributed by atoms with van der Waals surface area (Å²) in [5, 5.41) is 6.20. The van der Waals surface area contributed by atoms with Gasteiger partial charge in [-0.25, -0.2) is 0 Å². The maximum atomic E-state index is 12.0. The van der Waals surface area contributed by atoms with Gasteiger partial charge in [0, 0.05) is 23.5 Å². The van der Waals surface area contributed by atoms with E-state index in [9.17, 15) is 4.79 Å². The summed E-state index contributed by atoms with van der Waals surface area (Å²) in [4.78, 5) is 14.4. The summed E-state index contributed by atoms with van der Waals surface area (Å²) in [7, 11) is 0. The van der Waals surface area contributed by atoms with Crippen LogP contribution in [0, 0.1) is 0 Å². The number of amides is 1. The lowest BCUT2D eigenvalue weighted by molar-refractivity contribution is -0.117. The Labute approximate surface area is 125 Å². The predicted octanol–water partition coefficient (Wildman–Crippen LogP) is 1.90. The van der Waals surface area contributed by atoms with Crippen LogP contribution in [-0.4, -0.2) is 37.7 Å². The van der Waals surface area contributed by atoms with Crippen molar-refractivity contribution in [3.05, 3.63) is 23.8 Å². The van der Waals surface area contributed by atoms with Crippen LogP contribution in [0.1, 0.15) is 32.4 Å². The molecule has 1 aromatic carbocycles. The molecule has 2 N–H and O–H groups in total. The second-order valence-electron chi connectivity index (χ2n) is 6.27. The van der Waals surface area contributed by atoms with Crippen LogP contribution in [0.15, 0.2) is 18.2 Å². The van der Waals surface area contributed by atoms with Gasteiger partial charge in [0.15, 0.2) is 0 Å². The fourth-order valence-electron chi connectivity index (χ4n) is 3.16. The third-order valence-electron chi connectivity index (χ3n) is 4.23. The highest BCUT2D eigenvalue weighted by molar-refractivity contribution is 6.03. The number of rotatable bonds is 3. The van der Waals surface area contributed by atoms with Crippen LogP contribution in [0.5, 0.6) is 0 Å². The van der Waals surface area contributed by atoms with E-state index in [1.54, 1.807) is 0 Å². The number of nitrogens with one attached hydrogen (secondary N) is 2. The Hall–Kier alpha value is -1.59. The van der Waals surface area contributed by atoms with E-state index in [0.29, 0.717) is 0 Å². The SMILES string of the molecule is CCNC1C(=O)Nc2cc(N3CCOCC3(C)C)ccc21. The maximum absolute atomic E-state index is 12.0. The third kappa shape index (κ3) is 2.51. The largest absolute Gasteiger partial charge is 0.377 e. The molecule has 0 saturated carbocycles. The normalized spacial score (nSPS) is 23.9. The van der Waals surface area contributed by atoms with Gasteiger partial charge in [-0.2, -0.15) is 0 Å². The third-order valence-corrected chi connectivity index (χ3v) is 4.23. The van der Waals surface area contributed by atoms with Crippen molar-refractivity contribution < 1.29 is 9.53 Å². The molecule has 1 unspecified atom stereocenters. The highest BCUT2D eigenvalue weighted by Gasteiger charge is 2.33. The van der Waals surface area contributed by atoms with Gasteiger partial charge >= 0.3 is 0 Å². The number of carbonyl (C=O) groups is 1. The Morgan fingerprint density at radius 2 is 2.29 bits per heavy atom. The predicted molar refractivity (Wildman–Crippen MR) is 83.7 cm³/mol. The van der Waals surface area contributed by atoms with E-state index in [0.717, 1.165) is 43.2 Å². The minimum absolute atomic E-state index is 0.0316. The molecule has 1 saturated heterocycles. The second-order valence-corrected chi connectivity index (χ2v) is 6.27. The molecule has 5 nitrogen and oxygen atoms in total. The van der Waals surface area contributed by atoms with E-state index in [1.807, 2.05) is 6.92 Å². The number of nitrogens with zero attached hydrogens (tertiary/aromatic N) is 1. The van der Waals surface area contributed by atoms with E-state index in [-0.39, 0.29) is 17.5 Å². The first-order valence-corrected chi connectivity index (χ1v) is 7.56. The van der Waals surface area contributed by atoms with E-state index in [4.69, 9.17) is 4.74 Å². The topological polar surface area (TPSA) is 53.6 Å². The van der Waals surface area contributed by atoms with E-state index >= 15 is 0 Å². The lowest BCUT2D eigenvalue weighted by Crippen LogP contribution is -2.53. The number of hydrogen-bond acceptors (Lipinski definition) is 4. The number of carbonyl (C=O) groups excluding carboxylic acids is 1. The van der Waals surface area contributed by atoms with Gasteiger partial charge < -0.3 is 20.3 Å². The quantitative estimate of drug-likeness (QED) is 0.892. The molecule has 2 heterocycles. The molecule has 1 aromatic rings. The molecule has 1 amide bonds. The maximum Gasteiger partial charge on any atom is 0.246 e. The fraction of sp³-hybridized carbons (Fsp3) is 0.562. The van der Waals surface area contributed by atoms with Crippen molar-refractivity contribution in [2.24, 2.45) is 0 Å². The summed E-state index contributed by atoms with van der Waals surface area (Å²) in [5.74, 6) is 0.0326. The van der Waals surface area contributed by atoms with E-state index < -0.39 is 0 Å². The smallest absolute Gasteiger partial charge is 0.246 e. The number of fused-ring (bicyclic) bond motifs is 1. The van der Waals surface area contributed by atoms with Gasteiger partial charge in [0.2, 0.25) is 5.91 Å². The van der Waals surface area contributed by atoms with Gasteiger partial charge in [0.25, 0.3) is 0 Å². The zero-order valence-corrected chi connectivity index (χ0v) is 12.9. The van der Waals surface area contributed by atoms with Crippen LogP contribution < -0.4 is 15.5 Å². The lowest BCUT2D eigenvalue weighted by atomic mass is 10.00. The monoisotopic (exact) mass is 289 g/mol. The number of benzene rings is 1. The zero-order chi connectivity index (χ0) is 15.0. The van der Waals surface area contributed by atoms with Crippen LogP contribution in [0.4, 0.5) is 11.4 Å². The van der Waals surface area contributed by atoms with E-state index in [1.165, 1.54) is 0 Å². The average Bonchev–Trinajstić information content (AvgIpc) is 2.74. The molecular formula is C16H23N3O2. The lowest BCUT2D eigenvalue weighted by Gasteiger charge is -2.44. The molecule has 3 rings (SSSR count).